The average molecular weight is 274 g/mol. The lowest BCUT2D eigenvalue weighted by Gasteiger charge is -2.08. The number of nitrogens with zero attached hydrogens (tertiary/aromatic N) is 1. The second-order valence-corrected chi connectivity index (χ2v) is 5.49. The predicted molar refractivity (Wildman–Crippen MR) is 66.9 cm³/mol. The van der Waals surface area contributed by atoms with Crippen molar-refractivity contribution in [2.45, 2.75) is 32.2 Å². The largest absolute Gasteiger partial charge is 0.248 e. The third kappa shape index (κ3) is 3.62. The maximum atomic E-state index is 4.40. The second-order valence-electron chi connectivity index (χ2n) is 3.62. The lowest BCUT2D eigenvalue weighted by Crippen LogP contribution is -1.96. The fourth-order valence-corrected chi connectivity index (χ4v) is 2.78. The normalized spacial score (nSPS) is 12.9. The van der Waals surface area contributed by atoms with Gasteiger partial charge < -0.3 is 0 Å². The van der Waals surface area contributed by atoms with Crippen LogP contribution in [0, 0.1) is 12.8 Å². The van der Waals surface area contributed by atoms with Crippen LogP contribution in [0.15, 0.2) is 21.8 Å². The van der Waals surface area contributed by atoms with Crippen LogP contribution in [-0.2, 0) is 0 Å². The molecular formula is C11H16BrNS. The summed E-state index contributed by atoms with van der Waals surface area (Å²) in [5, 5.41) is 1.11. The van der Waals surface area contributed by atoms with E-state index in [9.17, 15) is 0 Å². The van der Waals surface area contributed by atoms with Gasteiger partial charge in [0.15, 0.2) is 0 Å². The molecule has 0 saturated heterocycles. The van der Waals surface area contributed by atoms with Crippen LogP contribution in [0.25, 0.3) is 0 Å². The Labute approximate surface area is 98.8 Å². The molecule has 0 saturated carbocycles. The molecule has 0 amide bonds. The average Bonchev–Trinajstić information content (AvgIpc) is 2.16. The molecule has 0 aliphatic rings. The van der Waals surface area contributed by atoms with Gasteiger partial charge in [-0.15, -0.1) is 11.8 Å². The third-order valence-electron chi connectivity index (χ3n) is 2.15. The smallest absolute Gasteiger partial charge is 0.110 e. The van der Waals surface area contributed by atoms with Gasteiger partial charge in [-0.2, -0.15) is 0 Å². The molecule has 0 bridgehead atoms. The Morgan fingerprint density at radius 2 is 2.29 bits per heavy atom. The van der Waals surface area contributed by atoms with Crippen LogP contribution in [0.5, 0.6) is 0 Å². The van der Waals surface area contributed by atoms with Gasteiger partial charge in [-0.05, 0) is 40.4 Å². The molecule has 0 N–H and O–H groups in total. The molecule has 14 heavy (non-hydrogen) atoms. The first kappa shape index (κ1) is 12.1. The molecule has 78 valence electrons. The van der Waals surface area contributed by atoms with Gasteiger partial charge in [0.2, 0.25) is 0 Å². The Bertz CT molecular complexity index is 301. The number of thioether (sulfide) groups is 1. The van der Waals surface area contributed by atoms with Crippen molar-refractivity contribution in [3.05, 3.63) is 22.3 Å². The molecule has 0 fully saturated rings. The van der Waals surface area contributed by atoms with Gasteiger partial charge in [-0.3, -0.25) is 0 Å². The highest BCUT2D eigenvalue weighted by Gasteiger charge is 2.05. The Morgan fingerprint density at radius 1 is 1.57 bits per heavy atom. The summed E-state index contributed by atoms with van der Waals surface area (Å²) >= 11 is 5.37. The minimum atomic E-state index is 0.759. The molecule has 0 aromatic carbocycles. The molecule has 1 aromatic rings. The minimum Gasteiger partial charge on any atom is -0.248 e. The Hall–Kier alpha value is -0.0200. The van der Waals surface area contributed by atoms with Gasteiger partial charge in [0.05, 0.1) is 4.47 Å². The Balaban J connectivity index is 2.59. The summed E-state index contributed by atoms with van der Waals surface area (Å²) in [7, 11) is 0. The topological polar surface area (TPSA) is 12.9 Å². The lowest BCUT2D eigenvalue weighted by molar-refractivity contribution is 0.636. The van der Waals surface area contributed by atoms with Crippen LogP contribution in [0.4, 0.5) is 0 Å². The SMILES string of the molecule is CCC(C)CSc1ncc(C)cc1Br. The Morgan fingerprint density at radius 3 is 2.86 bits per heavy atom. The predicted octanol–water partition coefficient (Wildman–Crippen LogP) is 4.29. The zero-order valence-corrected chi connectivity index (χ0v) is 11.3. The summed E-state index contributed by atoms with van der Waals surface area (Å²) in [6.07, 6.45) is 3.15. The van der Waals surface area contributed by atoms with E-state index in [1.165, 1.54) is 12.0 Å². The molecule has 1 atom stereocenters. The van der Waals surface area contributed by atoms with E-state index in [2.05, 4.69) is 47.8 Å². The highest BCUT2D eigenvalue weighted by atomic mass is 79.9. The van der Waals surface area contributed by atoms with Crippen molar-refractivity contribution in [3.8, 4) is 0 Å². The van der Waals surface area contributed by atoms with Gasteiger partial charge >= 0.3 is 0 Å². The number of pyridine rings is 1. The van der Waals surface area contributed by atoms with E-state index in [0.717, 1.165) is 21.2 Å². The molecule has 0 aliphatic heterocycles. The highest BCUT2D eigenvalue weighted by Crippen LogP contribution is 2.27. The summed E-state index contributed by atoms with van der Waals surface area (Å²) in [5.74, 6) is 1.90. The van der Waals surface area contributed by atoms with Crippen LogP contribution in [0.1, 0.15) is 25.8 Å². The monoisotopic (exact) mass is 273 g/mol. The van der Waals surface area contributed by atoms with Crippen molar-refractivity contribution >= 4 is 27.7 Å². The molecular weight excluding hydrogens is 258 g/mol. The van der Waals surface area contributed by atoms with Gasteiger partial charge in [-0.25, -0.2) is 4.98 Å². The van der Waals surface area contributed by atoms with Gasteiger partial charge in [0.1, 0.15) is 5.03 Å². The lowest BCUT2D eigenvalue weighted by atomic mass is 10.2. The number of hydrogen-bond acceptors (Lipinski definition) is 2. The quantitative estimate of drug-likeness (QED) is 0.760. The molecule has 3 heteroatoms. The third-order valence-corrected chi connectivity index (χ3v) is 4.35. The van der Waals surface area contributed by atoms with Crippen LogP contribution in [-0.4, -0.2) is 10.7 Å². The second kappa shape index (κ2) is 5.76. The summed E-state index contributed by atoms with van der Waals surface area (Å²) in [4.78, 5) is 4.40. The first-order chi connectivity index (χ1) is 6.63. The zero-order chi connectivity index (χ0) is 10.6. The van der Waals surface area contributed by atoms with E-state index in [-0.39, 0.29) is 0 Å². The molecule has 1 rings (SSSR count). The van der Waals surface area contributed by atoms with E-state index in [0.29, 0.717) is 0 Å². The minimum absolute atomic E-state index is 0.759. The van der Waals surface area contributed by atoms with Crippen LogP contribution < -0.4 is 0 Å². The summed E-state index contributed by atoms with van der Waals surface area (Å²) in [5.41, 5.74) is 1.20. The van der Waals surface area contributed by atoms with Gasteiger partial charge in [-0.1, -0.05) is 20.3 Å². The van der Waals surface area contributed by atoms with E-state index < -0.39 is 0 Å². The molecule has 0 radical (unpaired) electrons. The van der Waals surface area contributed by atoms with Gasteiger partial charge in [0.25, 0.3) is 0 Å². The fraction of sp³-hybridized carbons (Fsp3) is 0.545. The fourth-order valence-electron chi connectivity index (χ4n) is 0.966. The van der Waals surface area contributed by atoms with E-state index in [4.69, 9.17) is 0 Å². The molecule has 1 unspecified atom stereocenters. The first-order valence-corrected chi connectivity index (χ1v) is 6.66. The van der Waals surface area contributed by atoms with Crippen LogP contribution >= 0.6 is 27.7 Å². The van der Waals surface area contributed by atoms with Crippen molar-refractivity contribution in [2.24, 2.45) is 5.92 Å². The zero-order valence-electron chi connectivity index (χ0n) is 8.88. The molecule has 1 heterocycles. The van der Waals surface area contributed by atoms with Crippen molar-refractivity contribution < 1.29 is 0 Å². The number of hydrogen-bond donors (Lipinski definition) is 0. The first-order valence-electron chi connectivity index (χ1n) is 4.88. The van der Waals surface area contributed by atoms with Crippen LogP contribution in [0.2, 0.25) is 0 Å². The molecule has 0 aliphatic carbocycles. The van der Waals surface area contributed by atoms with Crippen molar-refractivity contribution in [1.82, 2.24) is 4.98 Å². The summed E-state index contributed by atoms with van der Waals surface area (Å²) in [6.45, 7) is 6.55. The summed E-state index contributed by atoms with van der Waals surface area (Å²) < 4.78 is 1.12. The molecule has 1 nitrogen and oxygen atoms in total. The van der Waals surface area contributed by atoms with E-state index in [1.807, 2.05) is 18.0 Å². The maximum absolute atomic E-state index is 4.40. The number of halogens is 1. The van der Waals surface area contributed by atoms with Gasteiger partial charge in [0, 0.05) is 11.9 Å². The molecule has 0 spiro atoms. The number of aromatic nitrogens is 1. The van der Waals surface area contributed by atoms with Crippen molar-refractivity contribution in [3.63, 3.8) is 0 Å². The van der Waals surface area contributed by atoms with Crippen molar-refractivity contribution in [1.29, 1.82) is 0 Å². The maximum Gasteiger partial charge on any atom is 0.110 e. The van der Waals surface area contributed by atoms with E-state index in [1.54, 1.807) is 0 Å². The molecule has 1 aromatic heterocycles. The summed E-state index contributed by atoms with van der Waals surface area (Å²) in [6, 6.07) is 2.12. The van der Waals surface area contributed by atoms with Crippen molar-refractivity contribution in [2.75, 3.05) is 5.75 Å². The number of rotatable bonds is 4. The standard InChI is InChI=1S/C11H16BrNS/c1-4-8(2)7-14-11-10(12)5-9(3)6-13-11/h5-6,8H,4,7H2,1-3H3. The highest BCUT2D eigenvalue weighted by molar-refractivity contribution is 9.10. The van der Waals surface area contributed by atoms with Crippen LogP contribution in [0.3, 0.4) is 0 Å². The number of aryl methyl sites for hydroxylation is 1. The van der Waals surface area contributed by atoms with E-state index >= 15 is 0 Å². The Kier molecular flexibility index (Phi) is 4.96.